The van der Waals surface area contributed by atoms with Gasteiger partial charge >= 0.3 is 5.97 Å². The largest absolute Gasteiger partial charge is 0.480 e. The normalized spacial score (nSPS) is 17.4. The lowest BCUT2D eigenvalue weighted by molar-refractivity contribution is -0.147. The standard InChI is InChI=1S/C7H11NO3.C6H11NO.3C2H6/c1-5(9)8-4-2-3-6(8)7(10)11;1-6(8)7-4-2-3-5-7;3*1-2/h6H,2-4H2,1H3,(H,10,11);2-5H2,1H3;3*1-2H3. The van der Waals surface area contributed by atoms with Gasteiger partial charge in [-0.3, -0.25) is 9.59 Å². The van der Waals surface area contributed by atoms with E-state index in [2.05, 4.69) is 0 Å². The fraction of sp³-hybridized carbons (Fsp3) is 0.842. The molecule has 0 radical (unpaired) electrons. The van der Waals surface area contributed by atoms with Crippen molar-refractivity contribution >= 4 is 17.8 Å². The molecule has 6 nitrogen and oxygen atoms in total. The van der Waals surface area contributed by atoms with Crippen molar-refractivity contribution in [2.24, 2.45) is 0 Å². The molecule has 1 atom stereocenters. The van der Waals surface area contributed by atoms with Crippen LogP contribution in [0.5, 0.6) is 0 Å². The predicted molar refractivity (Wildman–Crippen MR) is 104 cm³/mol. The molecule has 0 saturated carbocycles. The molecule has 0 aliphatic carbocycles. The Bertz CT molecular complexity index is 333. The molecule has 0 spiro atoms. The van der Waals surface area contributed by atoms with E-state index in [4.69, 9.17) is 5.11 Å². The van der Waals surface area contributed by atoms with Crippen molar-refractivity contribution in [3.05, 3.63) is 0 Å². The third kappa shape index (κ3) is 12.4. The van der Waals surface area contributed by atoms with Crippen LogP contribution in [0, 0.1) is 0 Å². The lowest BCUT2D eigenvalue weighted by atomic mass is 10.2. The molecule has 1 N–H and O–H groups in total. The molecule has 0 aromatic rings. The van der Waals surface area contributed by atoms with Gasteiger partial charge < -0.3 is 14.9 Å². The minimum absolute atomic E-state index is 0.144. The second-order valence-corrected chi connectivity index (χ2v) is 4.92. The fourth-order valence-electron chi connectivity index (χ4n) is 2.43. The summed E-state index contributed by atoms with van der Waals surface area (Å²) in [4.78, 5) is 35.2. The number of amides is 2. The molecule has 25 heavy (non-hydrogen) atoms. The predicted octanol–water partition coefficient (Wildman–Crippen LogP) is 3.79. The third-order valence-corrected chi connectivity index (χ3v) is 3.49. The smallest absolute Gasteiger partial charge is 0.326 e. The molecule has 0 aromatic heterocycles. The molecule has 6 heteroatoms. The van der Waals surface area contributed by atoms with Crippen molar-refractivity contribution in [1.82, 2.24) is 9.80 Å². The van der Waals surface area contributed by atoms with Gasteiger partial charge in [0.1, 0.15) is 6.04 Å². The average molecular weight is 361 g/mol. The van der Waals surface area contributed by atoms with Crippen molar-refractivity contribution < 1.29 is 19.5 Å². The molecule has 2 aliphatic heterocycles. The maximum Gasteiger partial charge on any atom is 0.326 e. The first kappa shape index (κ1) is 28.2. The van der Waals surface area contributed by atoms with Gasteiger partial charge in [-0.2, -0.15) is 0 Å². The van der Waals surface area contributed by atoms with Gasteiger partial charge in [-0.1, -0.05) is 41.5 Å². The van der Waals surface area contributed by atoms with E-state index in [1.54, 1.807) is 6.92 Å². The average Bonchev–Trinajstić information content (AvgIpc) is 3.32. The van der Waals surface area contributed by atoms with Crippen LogP contribution >= 0.6 is 0 Å². The van der Waals surface area contributed by atoms with Crippen LogP contribution in [0.25, 0.3) is 0 Å². The van der Waals surface area contributed by atoms with Gasteiger partial charge in [0.2, 0.25) is 11.8 Å². The Kier molecular flexibility index (Phi) is 21.2. The Labute approximate surface area is 154 Å². The summed E-state index contributed by atoms with van der Waals surface area (Å²) in [6.45, 7) is 17.6. The van der Waals surface area contributed by atoms with Crippen LogP contribution in [0.4, 0.5) is 0 Å². The minimum atomic E-state index is -0.891. The Morgan fingerprint density at radius 2 is 1.20 bits per heavy atom. The zero-order chi connectivity index (χ0) is 20.4. The first-order chi connectivity index (χ1) is 11.9. The maximum absolute atomic E-state index is 10.8. The molecule has 0 aromatic carbocycles. The van der Waals surface area contributed by atoms with Gasteiger partial charge in [-0.25, -0.2) is 4.79 Å². The zero-order valence-corrected chi connectivity index (χ0v) is 17.6. The van der Waals surface area contributed by atoms with E-state index in [9.17, 15) is 14.4 Å². The highest BCUT2D eigenvalue weighted by Gasteiger charge is 2.31. The van der Waals surface area contributed by atoms with Crippen LogP contribution in [0.1, 0.15) is 81.1 Å². The van der Waals surface area contributed by atoms with E-state index in [-0.39, 0.29) is 11.8 Å². The van der Waals surface area contributed by atoms with Crippen molar-refractivity contribution in [2.75, 3.05) is 19.6 Å². The van der Waals surface area contributed by atoms with Gasteiger partial charge in [0, 0.05) is 33.5 Å². The van der Waals surface area contributed by atoms with Crippen LogP contribution in [0.2, 0.25) is 0 Å². The van der Waals surface area contributed by atoms with Gasteiger partial charge in [0.15, 0.2) is 0 Å². The highest BCUT2D eigenvalue weighted by Crippen LogP contribution is 2.16. The monoisotopic (exact) mass is 360 g/mol. The second-order valence-electron chi connectivity index (χ2n) is 4.92. The molecule has 2 saturated heterocycles. The Morgan fingerprint density at radius 3 is 1.44 bits per heavy atom. The van der Waals surface area contributed by atoms with E-state index in [0.29, 0.717) is 13.0 Å². The van der Waals surface area contributed by atoms with Crippen LogP contribution in [-0.2, 0) is 14.4 Å². The van der Waals surface area contributed by atoms with Crippen molar-refractivity contribution in [3.63, 3.8) is 0 Å². The quantitative estimate of drug-likeness (QED) is 0.772. The molecule has 2 amide bonds. The molecule has 2 aliphatic rings. The molecule has 150 valence electrons. The minimum Gasteiger partial charge on any atom is -0.480 e. The van der Waals surface area contributed by atoms with Crippen molar-refractivity contribution in [2.45, 2.75) is 87.1 Å². The molecule has 1 unspecified atom stereocenters. The SMILES string of the molecule is CC.CC.CC.CC(=O)N1CCCC1.CC(=O)N1CCCC1C(=O)O. The van der Waals surface area contributed by atoms with Crippen LogP contribution < -0.4 is 0 Å². The second kappa shape index (κ2) is 18.7. The van der Waals surface area contributed by atoms with E-state index < -0.39 is 12.0 Å². The topological polar surface area (TPSA) is 77.9 Å². The van der Waals surface area contributed by atoms with Crippen LogP contribution in [-0.4, -0.2) is 58.4 Å². The summed E-state index contributed by atoms with van der Waals surface area (Å²) in [6.07, 6.45) is 3.78. The van der Waals surface area contributed by atoms with Crippen LogP contribution in [0.15, 0.2) is 0 Å². The number of carbonyl (C=O) groups excluding carboxylic acids is 2. The summed E-state index contributed by atoms with van der Waals surface area (Å²) < 4.78 is 0. The number of hydrogen-bond acceptors (Lipinski definition) is 3. The maximum atomic E-state index is 10.8. The summed E-state index contributed by atoms with van der Waals surface area (Å²) in [6, 6.07) is -0.576. The third-order valence-electron chi connectivity index (χ3n) is 3.49. The Balaban J connectivity index is -0.000000305. The highest BCUT2D eigenvalue weighted by molar-refractivity contribution is 5.82. The summed E-state index contributed by atoms with van der Waals surface area (Å²) >= 11 is 0. The van der Waals surface area contributed by atoms with Gasteiger partial charge in [0.25, 0.3) is 0 Å². The van der Waals surface area contributed by atoms with E-state index in [1.165, 1.54) is 24.7 Å². The number of likely N-dealkylation sites (tertiary alicyclic amines) is 2. The van der Waals surface area contributed by atoms with Gasteiger partial charge in [0.05, 0.1) is 0 Å². The molecule has 2 fully saturated rings. The number of rotatable bonds is 1. The number of carboxylic acids is 1. The molecular formula is C19H40N2O4. The molecule has 2 rings (SSSR count). The van der Waals surface area contributed by atoms with Crippen molar-refractivity contribution in [1.29, 1.82) is 0 Å². The van der Waals surface area contributed by atoms with E-state index in [0.717, 1.165) is 19.5 Å². The summed E-state index contributed by atoms with van der Waals surface area (Å²) in [7, 11) is 0. The van der Waals surface area contributed by atoms with E-state index >= 15 is 0 Å². The lowest BCUT2D eigenvalue weighted by Crippen LogP contribution is -2.38. The van der Waals surface area contributed by atoms with Crippen LogP contribution in [0.3, 0.4) is 0 Å². The highest BCUT2D eigenvalue weighted by atomic mass is 16.4. The van der Waals surface area contributed by atoms with E-state index in [1.807, 2.05) is 46.4 Å². The number of hydrogen-bond donors (Lipinski definition) is 1. The first-order valence-electron chi connectivity index (χ1n) is 9.69. The first-order valence-corrected chi connectivity index (χ1v) is 9.69. The summed E-state index contributed by atoms with van der Waals surface area (Å²) in [5.74, 6) is -0.810. The lowest BCUT2D eigenvalue weighted by Gasteiger charge is -2.18. The molecular weight excluding hydrogens is 320 g/mol. The van der Waals surface area contributed by atoms with Gasteiger partial charge in [-0.15, -0.1) is 0 Å². The summed E-state index contributed by atoms with van der Waals surface area (Å²) in [5.41, 5.74) is 0. The summed E-state index contributed by atoms with van der Waals surface area (Å²) in [5, 5.41) is 8.64. The zero-order valence-electron chi connectivity index (χ0n) is 17.6. The molecule has 2 heterocycles. The number of aliphatic carboxylic acids is 1. The number of nitrogens with zero attached hydrogens (tertiary/aromatic N) is 2. The van der Waals surface area contributed by atoms with Crippen molar-refractivity contribution in [3.8, 4) is 0 Å². The van der Waals surface area contributed by atoms with Gasteiger partial charge in [-0.05, 0) is 25.7 Å². The number of carboxylic acid groups (broad SMARTS) is 1. The molecule has 0 bridgehead atoms. The Hall–Kier alpha value is -1.59. The Morgan fingerprint density at radius 1 is 0.760 bits per heavy atom. The fourth-order valence-corrected chi connectivity index (χ4v) is 2.43. The number of carbonyl (C=O) groups is 3.